The van der Waals surface area contributed by atoms with Gasteiger partial charge in [0.2, 0.25) is 5.89 Å². The van der Waals surface area contributed by atoms with Crippen molar-refractivity contribution >= 4 is 30.5 Å². The first kappa shape index (κ1) is 16.4. The van der Waals surface area contributed by atoms with Crippen molar-refractivity contribution in [1.29, 1.82) is 0 Å². The van der Waals surface area contributed by atoms with Gasteiger partial charge in [0.1, 0.15) is 10.6 Å². The number of aryl methyl sites for hydroxylation is 1. The minimum Gasteiger partial charge on any atom is -0.492 e. The molecule has 118 valence electrons. The molecule has 0 bridgehead atoms. The van der Waals surface area contributed by atoms with E-state index in [4.69, 9.17) is 4.74 Å². The molecular weight excluding hydrogens is 329 g/mol. The highest BCUT2D eigenvalue weighted by Gasteiger charge is 2.25. The summed E-state index contributed by atoms with van der Waals surface area (Å²) < 4.78 is 36.5. The zero-order chi connectivity index (χ0) is 16.3. The summed E-state index contributed by atoms with van der Waals surface area (Å²) in [7, 11) is -1.69. The molecule has 0 aliphatic heterocycles. The van der Waals surface area contributed by atoms with E-state index in [-0.39, 0.29) is 29.0 Å². The molecule has 0 aliphatic rings. The number of nitrogens with zero attached hydrogens (tertiary/aromatic N) is 2. The fraction of sp³-hybridized carbons (Fsp3) is 0.250. The molecule has 10 heteroatoms. The van der Waals surface area contributed by atoms with E-state index in [9.17, 15) is 13.2 Å². The Labute approximate surface area is 129 Å². The molecule has 0 spiro atoms. The normalized spacial score (nSPS) is 11.2. The second-order valence-corrected chi connectivity index (χ2v) is 6.53. The molecule has 1 heterocycles. The van der Waals surface area contributed by atoms with E-state index < -0.39 is 15.9 Å². The van der Waals surface area contributed by atoms with Crippen molar-refractivity contribution in [3.63, 3.8) is 0 Å². The molecule has 0 radical (unpaired) electrons. The summed E-state index contributed by atoms with van der Waals surface area (Å²) in [4.78, 5) is 15.4. The van der Waals surface area contributed by atoms with Crippen molar-refractivity contribution in [2.45, 2.75) is 18.7 Å². The van der Waals surface area contributed by atoms with E-state index >= 15 is 0 Å². The Morgan fingerprint density at radius 3 is 2.77 bits per heavy atom. The standard InChI is InChI=1S/C12H14N3O5PS/c1-3-19-9-6-8(21)4-5-10(9)22(17,18)15-12(16)11-13-7(2)20-14-11/h4-6H,3,21H2,1-2H3,(H,15,16). The Kier molecular flexibility index (Phi) is 4.77. The number of hydrogen-bond acceptors (Lipinski definition) is 7. The van der Waals surface area contributed by atoms with Crippen molar-refractivity contribution in [2.24, 2.45) is 0 Å². The maximum Gasteiger partial charge on any atom is 0.306 e. The highest BCUT2D eigenvalue weighted by Crippen LogP contribution is 2.23. The number of carbonyl (C=O) groups excluding carboxylic acids is 1. The van der Waals surface area contributed by atoms with Gasteiger partial charge in [0, 0.05) is 6.92 Å². The summed E-state index contributed by atoms with van der Waals surface area (Å²) >= 11 is 0. The highest BCUT2D eigenvalue weighted by atomic mass is 32.2. The van der Waals surface area contributed by atoms with Crippen LogP contribution in [0.1, 0.15) is 23.4 Å². The minimum atomic E-state index is -4.12. The molecule has 0 saturated carbocycles. The van der Waals surface area contributed by atoms with Crippen molar-refractivity contribution in [2.75, 3.05) is 6.61 Å². The van der Waals surface area contributed by atoms with Crippen LogP contribution in [0.5, 0.6) is 5.75 Å². The largest absolute Gasteiger partial charge is 0.492 e. The van der Waals surface area contributed by atoms with Gasteiger partial charge in [0.15, 0.2) is 0 Å². The number of benzene rings is 1. The van der Waals surface area contributed by atoms with Crippen molar-refractivity contribution in [3.05, 3.63) is 29.9 Å². The van der Waals surface area contributed by atoms with Crippen molar-refractivity contribution in [3.8, 4) is 5.75 Å². The van der Waals surface area contributed by atoms with Crippen LogP contribution in [0.2, 0.25) is 0 Å². The van der Waals surface area contributed by atoms with E-state index in [1.54, 1.807) is 19.1 Å². The molecule has 1 atom stereocenters. The molecule has 1 N–H and O–H groups in total. The first-order valence-corrected chi connectivity index (χ1v) is 8.29. The van der Waals surface area contributed by atoms with Gasteiger partial charge in [0.05, 0.1) is 6.61 Å². The van der Waals surface area contributed by atoms with Crippen LogP contribution in [0.4, 0.5) is 0 Å². The summed E-state index contributed by atoms with van der Waals surface area (Å²) in [5.74, 6) is -1.03. The van der Waals surface area contributed by atoms with Gasteiger partial charge in [-0.15, -0.1) is 9.24 Å². The van der Waals surface area contributed by atoms with E-state index in [1.165, 1.54) is 13.0 Å². The zero-order valence-corrected chi connectivity index (χ0v) is 13.8. The molecule has 8 nitrogen and oxygen atoms in total. The minimum absolute atomic E-state index is 0.144. The van der Waals surface area contributed by atoms with Crippen LogP contribution in [0.15, 0.2) is 27.6 Å². The van der Waals surface area contributed by atoms with Gasteiger partial charge in [-0.3, -0.25) is 4.79 Å². The van der Waals surface area contributed by atoms with Crippen LogP contribution in [0, 0.1) is 6.92 Å². The second kappa shape index (κ2) is 6.41. The number of nitrogens with one attached hydrogen (secondary N) is 1. The number of aromatic nitrogens is 2. The third-order valence-corrected chi connectivity index (χ3v) is 4.24. The number of ether oxygens (including phenoxy) is 1. The third-order valence-electron chi connectivity index (χ3n) is 2.51. The van der Waals surface area contributed by atoms with Crippen LogP contribution in [-0.2, 0) is 10.0 Å². The van der Waals surface area contributed by atoms with Gasteiger partial charge >= 0.3 is 5.91 Å². The van der Waals surface area contributed by atoms with Gasteiger partial charge < -0.3 is 9.26 Å². The lowest BCUT2D eigenvalue weighted by Crippen LogP contribution is -2.31. The van der Waals surface area contributed by atoms with Gasteiger partial charge in [-0.25, -0.2) is 13.1 Å². The number of rotatable bonds is 5. The molecule has 1 aromatic carbocycles. The van der Waals surface area contributed by atoms with E-state index in [0.717, 1.165) is 5.30 Å². The Bertz CT molecular complexity index is 803. The van der Waals surface area contributed by atoms with E-state index in [0.29, 0.717) is 0 Å². The first-order chi connectivity index (χ1) is 10.3. The summed E-state index contributed by atoms with van der Waals surface area (Å²) in [6.07, 6.45) is 0. The van der Waals surface area contributed by atoms with E-state index in [1.807, 2.05) is 4.72 Å². The average Bonchev–Trinajstić information content (AvgIpc) is 2.85. The van der Waals surface area contributed by atoms with Gasteiger partial charge in [-0.2, -0.15) is 4.98 Å². The van der Waals surface area contributed by atoms with Crippen LogP contribution in [-0.4, -0.2) is 31.1 Å². The second-order valence-electron chi connectivity index (χ2n) is 4.21. The van der Waals surface area contributed by atoms with Crippen LogP contribution in [0.3, 0.4) is 0 Å². The lowest BCUT2D eigenvalue weighted by atomic mass is 10.3. The predicted octanol–water partition coefficient (Wildman–Crippen LogP) is 0.396. The maximum absolute atomic E-state index is 12.3. The molecule has 1 amide bonds. The zero-order valence-electron chi connectivity index (χ0n) is 11.9. The summed E-state index contributed by atoms with van der Waals surface area (Å²) in [5.41, 5.74) is 0. The van der Waals surface area contributed by atoms with Gasteiger partial charge in [-0.1, -0.05) is 11.2 Å². The molecule has 1 unspecified atom stereocenters. The molecule has 0 aliphatic carbocycles. The van der Waals surface area contributed by atoms with Crippen molar-refractivity contribution < 1.29 is 22.5 Å². The van der Waals surface area contributed by atoms with E-state index in [2.05, 4.69) is 23.9 Å². The van der Waals surface area contributed by atoms with Crippen molar-refractivity contribution in [1.82, 2.24) is 14.9 Å². The Morgan fingerprint density at radius 1 is 1.45 bits per heavy atom. The lowest BCUT2D eigenvalue weighted by Gasteiger charge is -2.11. The van der Waals surface area contributed by atoms with Crippen LogP contribution in [0.25, 0.3) is 0 Å². The maximum atomic E-state index is 12.3. The number of carbonyl (C=O) groups is 1. The predicted molar refractivity (Wildman–Crippen MR) is 80.6 cm³/mol. The topological polar surface area (TPSA) is 111 Å². The number of sulfonamides is 1. The molecule has 22 heavy (non-hydrogen) atoms. The van der Waals surface area contributed by atoms with Gasteiger partial charge in [-0.05, 0) is 24.4 Å². The summed E-state index contributed by atoms with van der Waals surface area (Å²) in [5, 5.41) is 4.12. The smallest absolute Gasteiger partial charge is 0.306 e. The van der Waals surface area contributed by atoms with Crippen LogP contribution >= 0.6 is 9.24 Å². The molecule has 0 saturated heterocycles. The molecule has 2 rings (SSSR count). The summed E-state index contributed by atoms with van der Waals surface area (Å²) in [6, 6.07) is 4.47. The number of amides is 1. The SMILES string of the molecule is CCOc1cc(P)ccc1S(=O)(=O)NC(=O)c1noc(C)n1. The molecule has 0 fully saturated rings. The van der Waals surface area contributed by atoms with Gasteiger partial charge in [0.25, 0.3) is 15.8 Å². The fourth-order valence-corrected chi connectivity index (χ4v) is 2.95. The Balaban J connectivity index is 2.32. The first-order valence-electron chi connectivity index (χ1n) is 6.23. The number of hydrogen-bond donors (Lipinski definition) is 1. The Morgan fingerprint density at radius 2 is 2.18 bits per heavy atom. The molecule has 1 aromatic heterocycles. The quantitative estimate of drug-likeness (QED) is 0.782. The Hall–Kier alpha value is -1.99. The summed E-state index contributed by atoms with van der Waals surface area (Å²) in [6.45, 7) is 3.50. The molecule has 2 aromatic rings. The fourth-order valence-electron chi connectivity index (χ4n) is 1.63. The van der Waals surface area contributed by atoms with Crippen LogP contribution < -0.4 is 14.8 Å². The third kappa shape index (κ3) is 3.61. The molecular formula is C12H14N3O5PS. The monoisotopic (exact) mass is 343 g/mol. The average molecular weight is 343 g/mol. The lowest BCUT2D eigenvalue weighted by molar-refractivity contribution is 0.0968. The highest BCUT2D eigenvalue weighted by molar-refractivity contribution is 7.90.